The van der Waals surface area contributed by atoms with Crippen LogP contribution < -0.4 is 16.8 Å². The molecule has 0 radical (unpaired) electrons. The lowest BCUT2D eigenvalue weighted by molar-refractivity contribution is 0.204. The number of hydrogen-bond donors (Lipinski definition) is 3. The first-order valence-corrected chi connectivity index (χ1v) is 8.03. The maximum Gasteiger partial charge on any atom is 0.188 e. The van der Waals surface area contributed by atoms with Crippen molar-refractivity contribution < 1.29 is 4.74 Å². The zero-order valence-corrected chi connectivity index (χ0v) is 17.0. The number of aromatic nitrogens is 2. The van der Waals surface area contributed by atoms with Crippen LogP contribution in [0.1, 0.15) is 17.7 Å². The molecule has 0 atom stereocenters. The fourth-order valence-corrected chi connectivity index (χ4v) is 2.32. The molecule has 9 heteroatoms. The van der Waals surface area contributed by atoms with Crippen molar-refractivity contribution in [3.63, 3.8) is 0 Å². The summed E-state index contributed by atoms with van der Waals surface area (Å²) in [5.41, 5.74) is 13.7. The summed E-state index contributed by atoms with van der Waals surface area (Å²) in [7, 11) is 1.63. The number of nitrogens with one attached hydrogen (secondary N) is 1. The minimum absolute atomic E-state index is 0. The number of guanidine groups is 1. The Balaban J connectivity index is 0.00000338. The zero-order chi connectivity index (χ0) is 18.1. The Morgan fingerprint density at radius 2 is 2.12 bits per heavy atom. The van der Waals surface area contributed by atoms with E-state index < -0.39 is 0 Å². The number of rotatable bonds is 8. The highest BCUT2D eigenvalue weighted by Crippen LogP contribution is 2.21. The van der Waals surface area contributed by atoms with Crippen LogP contribution >= 0.6 is 24.0 Å². The van der Waals surface area contributed by atoms with E-state index in [2.05, 4.69) is 21.5 Å². The molecule has 1 aromatic carbocycles. The lowest BCUT2D eigenvalue weighted by Gasteiger charge is -2.04. The molecule has 0 amide bonds. The monoisotopic (exact) mass is 469 g/mol. The molecule has 8 nitrogen and oxygen atoms in total. The molecule has 0 saturated heterocycles. The minimum Gasteiger partial charge on any atom is -0.383 e. The number of benzene rings is 1. The van der Waals surface area contributed by atoms with Gasteiger partial charge in [0.1, 0.15) is 17.5 Å². The highest BCUT2D eigenvalue weighted by molar-refractivity contribution is 14.0. The van der Waals surface area contributed by atoms with Crippen LogP contribution in [0.3, 0.4) is 0 Å². The molecule has 0 unspecified atom stereocenters. The van der Waals surface area contributed by atoms with Crippen LogP contribution in [-0.2, 0) is 11.2 Å². The van der Waals surface area contributed by atoms with E-state index in [0.717, 1.165) is 5.69 Å². The van der Waals surface area contributed by atoms with E-state index in [1.54, 1.807) is 11.8 Å². The van der Waals surface area contributed by atoms with Crippen LogP contribution in [0.15, 0.2) is 35.3 Å². The minimum atomic E-state index is 0. The molecule has 0 bridgehead atoms. The second kappa shape index (κ2) is 11.3. The number of methoxy groups -OCH3 is 1. The number of anilines is 1. The van der Waals surface area contributed by atoms with Gasteiger partial charge in [-0.15, -0.1) is 24.0 Å². The third kappa shape index (κ3) is 5.89. The Morgan fingerprint density at radius 1 is 1.38 bits per heavy atom. The first-order chi connectivity index (χ1) is 12.2. The van der Waals surface area contributed by atoms with Gasteiger partial charge in [0.05, 0.1) is 18.0 Å². The number of nitriles is 1. The van der Waals surface area contributed by atoms with Crippen LogP contribution in [-0.4, -0.2) is 42.5 Å². The van der Waals surface area contributed by atoms with Crippen molar-refractivity contribution in [1.82, 2.24) is 15.1 Å². The lowest BCUT2D eigenvalue weighted by atomic mass is 10.1. The Hall–Kier alpha value is -2.32. The molecule has 0 spiro atoms. The maximum absolute atomic E-state index is 9.37. The van der Waals surface area contributed by atoms with Crippen molar-refractivity contribution in [2.24, 2.45) is 10.7 Å². The van der Waals surface area contributed by atoms with E-state index >= 15 is 0 Å². The number of nitrogen functional groups attached to an aromatic ring is 1. The molecule has 2 rings (SSSR count). The summed E-state index contributed by atoms with van der Waals surface area (Å²) in [6.45, 7) is 1.72. The van der Waals surface area contributed by atoms with E-state index in [1.165, 1.54) is 0 Å². The highest BCUT2D eigenvalue weighted by Gasteiger charge is 2.15. The van der Waals surface area contributed by atoms with Crippen LogP contribution in [0.5, 0.6) is 0 Å². The van der Waals surface area contributed by atoms with Crippen LogP contribution in [0.4, 0.5) is 5.82 Å². The SMILES string of the molecule is COCCNC(N)=NCCCc1nn(-c2ccccc2)c(N)c1C#N.I. The average molecular weight is 469 g/mol. The topological polar surface area (TPSA) is 127 Å². The molecule has 5 N–H and O–H groups in total. The summed E-state index contributed by atoms with van der Waals surface area (Å²) in [5.74, 6) is 0.736. The molecule has 140 valence electrons. The molecule has 0 saturated carbocycles. The van der Waals surface area contributed by atoms with Gasteiger partial charge in [-0.25, -0.2) is 4.68 Å². The summed E-state index contributed by atoms with van der Waals surface area (Å²) in [6.07, 6.45) is 1.31. The number of para-hydroxylation sites is 1. The summed E-state index contributed by atoms with van der Waals surface area (Å²) in [5, 5.41) is 16.8. The van der Waals surface area contributed by atoms with E-state index in [4.69, 9.17) is 16.2 Å². The van der Waals surface area contributed by atoms with Gasteiger partial charge in [0.2, 0.25) is 0 Å². The van der Waals surface area contributed by atoms with E-state index in [1.807, 2.05) is 30.3 Å². The first-order valence-electron chi connectivity index (χ1n) is 8.03. The normalized spacial score (nSPS) is 10.8. The van der Waals surface area contributed by atoms with Crippen molar-refractivity contribution >= 4 is 35.8 Å². The zero-order valence-electron chi connectivity index (χ0n) is 14.7. The number of aryl methyl sites for hydroxylation is 1. The predicted octanol–water partition coefficient (Wildman–Crippen LogP) is 1.43. The van der Waals surface area contributed by atoms with Crippen LogP contribution in [0, 0.1) is 11.3 Å². The summed E-state index contributed by atoms with van der Waals surface area (Å²) < 4.78 is 6.52. The summed E-state index contributed by atoms with van der Waals surface area (Å²) in [6, 6.07) is 11.6. The highest BCUT2D eigenvalue weighted by atomic mass is 127. The molecule has 0 aliphatic rings. The molecule has 0 aliphatic heterocycles. The van der Waals surface area contributed by atoms with Gasteiger partial charge in [0.15, 0.2) is 5.96 Å². The number of nitrogens with two attached hydrogens (primary N) is 2. The average Bonchev–Trinajstić information content (AvgIpc) is 2.95. The van der Waals surface area contributed by atoms with Crippen LogP contribution in [0.25, 0.3) is 5.69 Å². The Morgan fingerprint density at radius 3 is 2.77 bits per heavy atom. The second-order valence-electron chi connectivity index (χ2n) is 5.36. The van der Waals surface area contributed by atoms with Crippen molar-refractivity contribution in [3.8, 4) is 11.8 Å². The Kier molecular flexibility index (Phi) is 9.46. The number of hydrogen-bond acceptors (Lipinski definition) is 5. The maximum atomic E-state index is 9.37. The van der Waals surface area contributed by atoms with Crippen LogP contribution in [0.2, 0.25) is 0 Å². The fourth-order valence-electron chi connectivity index (χ4n) is 2.32. The van der Waals surface area contributed by atoms with Gasteiger partial charge in [-0.2, -0.15) is 10.4 Å². The number of ether oxygens (including phenoxy) is 1. The van der Waals surface area contributed by atoms with Gasteiger partial charge < -0.3 is 21.5 Å². The Labute approximate surface area is 170 Å². The molecule has 0 fully saturated rings. The molecule has 26 heavy (non-hydrogen) atoms. The molecular weight excluding hydrogens is 445 g/mol. The first kappa shape index (κ1) is 21.7. The molecule has 1 heterocycles. The quantitative estimate of drug-likeness (QED) is 0.232. The predicted molar refractivity (Wildman–Crippen MR) is 113 cm³/mol. The molecule has 2 aromatic rings. The van der Waals surface area contributed by atoms with Gasteiger partial charge in [0.25, 0.3) is 0 Å². The van der Waals surface area contributed by atoms with E-state index in [0.29, 0.717) is 55.6 Å². The van der Waals surface area contributed by atoms with Gasteiger partial charge in [-0.3, -0.25) is 4.99 Å². The number of aliphatic imine (C=N–C) groups is 1. The summed E-state index contributed by atoms with van der Waals surface area (Å²) >= 11 is 0. The molecule has 0 aliphatic carbocycles. The van der Waals surface area contributed by atoms with Gasteiger partial charge in [0, 0.05) is 20.2 Å². The van der Waals surface area contributed by atoms with Crippen molar-refractivity contribution in [2.75, 3.05) is 32.5 Å². The number of nitrogens with zero attached hydrogens (tertiary/aromatic N) is 4. The second-order valence-corrected chi connectivity index (χ2v) is 5.36. The lowest BCUT2D eigenvalue weighted by Crippen LogP contribution is -2.34. The van der Waals surface area contributed by atoms with Gasteiger partial charge in [-0.1, -0.05) is 18.2 Å². The van der Waals surface area contributed by atoms with Crippen molar-refractivity contribution in [3.05, 3.63) is 41.6 Å². The van der Waals surface area contributed by atoms with E-state index in [-0.39, 0.29) is 24.0 Å². The van der Waals surface area contributed by atoms with Crippen molar-refractivity contribution in [2.45, 2.75) is 12.8 Å². The van der Waals surface area contributed by atoms with Crippen molar-refractivity contribution in [1.29, 1.82) is 5.26 Å². The standard InChI is InChI=1S/C17H23N7O.HI/c1-25-11-10-22-17(20)21-9-5-8-15-14(12-18)16(19)24(23-15)13-6-3-2-4-7-13;/h2-4,6-7H,5,8-11,19H2,1H3,(H3,20,21,22);1H. The molecule has 1 aromatic heterocycles. The van der Waals surface area contributed by atoms with Gasteiger partial charge >= 0.3 is 0 Å². The Bertz CT molecular complexity index is 752. The molecular formula is C17H24IN7O. The van der Waals surface area contributed by atoms with Gasteiger partial charge in [-0.05, 0) is 25.0 Å². The van der Waals surface area contributed by atoms with E-state index in [9.17, 15) is 5.26 Å². The summed E-state index contributed by atoms with van der Waals surface area (Å²) in [4.78, 5) is 4.23. The number of halogens is 1. The largest absolute Gasteiger partial charge is 0.383 e. The third-order valence-corrected chi connectivity index (χ3v) is 3.57. The third-order valence-electron chi connectivity index (χ3n) is 3.57. The smallest absolute Gasteiger partial charge is 0.188 e. The fraction of sp³-hybridized carbons (Fsp3) is 0.353.